The summed E-state index contributed by atoms with van der Waals surface area (Å²) < 4.78 is 124. The lowest BCUT2D eigenvalue weighted by Crippen LogP contribution is -2.49. The van der Waals surface area contributed by atoms with E-state index in [0.717, 1.165) is 99.5 Å². The van der Waals surface area contributed by atoms with Crippen molar-refractivity contribution in [2.45, 2.75) is 141 Å². The molecule has 8 aliphatic rings. The molecule has 4 aromatic carbocycles. The van der Waals surface area contributed by atoms with Crippen molar-refractivity contribution in [1.29, 1.82) is 0 Å². The molecule has 16 aromatic rings. The van der Waals surface area contributed by atoms with E-state index in [9.17, 15) is 58.7 Å². The topological polar surface area (TPSA) is 382 Å². The van der Waals surface area contributed by atoms with E-state index in [1.807, 2.05) is 102 Å². The molecule has 730 valence electrons. The SMILES string of the molecule is CC(=O)N1CC(c2nc(-c3cccc4nc(-c5cnn(C)c5)c(C(F)F)cc34)c3n2C(C)C(=O)N(C)C3)C1.CC1C(=O)N(C)Cc2c(-c3cccc4cc(-c5nn[nH]n5)ncc34)nc(C3CC3)n21.CC1C(=O)N(C)Cc2c(-c3cccc4nc(-c5cnn(C)c5)c(C(F)F)cc34)nc(C3CN(S(C)(=O)=O)C3)n21.CC1C(=O)N(C)Cc2c(-c3cccc4nc(-c5cnn(C)c5)c(C(F)F)cc34)nc(C3CNC3)n21. The number of sulfonamides is 1. The molecule has 7 aliphatic heterocycles. The molecule has 0 bridgehead atoms. The van der Waals surface area contributed by atoms with Crippen LogP contribution in [0.4, 0.5) is 26.3 Å². The van der Waals surface area contributed by atoms with E-state index in [-0.39, 0.29) is 113 Å². The van der Waals surface area contributed by atoms with Crippen molar-refractivity contribution in [2.24, 2.45) is 21.1 Å². The van der Waals surface area contributed by atoms with E-state index in [2.05, 4.69) is 71.8 Å². The maximum Gasteiger partial charge on any atom is 0.265 e. The first-order valence-corrected chi connectivity index (χ1v) is 48.5. The first kappa shape index (κ1) is 93.2. The molecule has 5 amide bonds. The molecule has 24 rings (SSSR count). The Kier molecular flexibility index (Phi) is 23.5. The van der Waals surface area contributed by atoms with Crippen LogP contribution in [0, 0.1) is 0 Å². The molecular weight excluding hydrogens is 1850 g/mol. The highest BCUT2D eigenvalue weighted by Gasteiger charge is 2.46. The third kappa shape index (κ3) is 16.3. The molecule has 36 nitrogen and oxygen atoms in total. The van der Waals surface area contributed by atoms with Crippen LogP contribution in [0.15, 0.2) is 140 Å². The average Bonchev–Trinajstić information content (AvgIpc) is 1.56. The van der Waals surface area contributed by atoms with Crippen LogP contribution in [-0.4, -0.2) is 249 Å². The summed E-state index contributed by atoms with van der Waals surface area (Å²) in [6, 6.07) is 27.5. The number of fused-ring (bicyclic) bond motifs is 8. The molecule has 3 saturated heterocycles. The van der Waals surface area contributed by atoms with Crippen LogP contribution >= 0.6 is 0 Å². The van der Waals surface area contributed by atoms with Gasteiger partial charge in [0.2, 0.25) is 45.4 Å². The highest BCUT2D eigenvalue weighted by molar-refractivity contribution is 7.88. The number of carbonyl (C=O) groups is 5. The Morgan fingerprint density at radius 2 is 0.768 bits per heavy atom. The van der Waals surface area contributed by atoms with E-state index in [1.165, 1.54) is 52.8 Å². The van der Waals surface area contributed by atoms with Crippen molar-refractivity contribution < 1.29 is 58.7 Å². The second kappa shape index (κ2) is 35.9. The number of benzene rings is 4. The van der Waals surface area contributed by atoms with E-state index in [1.54, 1.807) is 126 Å². The Morgan fingerprint density at radius 1 is 0.423 bits per heavy atom. The summed E-state index contributed by atoms with van der Waals surface area (Å²) in [6.07, 6.45) is 6.66. The van der Waals surface area contributed by atoms with E-state index < -0.39 is 41.4 Å². The lowest BCUT2D eigenvalue weighted by atomic mass is 9.98. The first-order chi connectivity index (χ1) is 68.0. The van der Waals surface area contributed by atoms with Crippen molar-refractivity contribution in [3.8, 4) is 90.3 Å². The highest BCUT2D eigenvalue weighted by atomic mass is 32.2. The van der Waals surface area contributed by atoms with Gasteiger partial charge in [-0.25, -0.2) is 74.0 Å². The quantitative estimate of drug-likeness (QED) is 0.0848. The number of rotatable bonds is 16. The van der Waals surface area contributed by atoms with E-state index in [0.29, 0.717) is 128 Å². The number of halogens is 6. The largest absolute Gasteiger partial charge is 0.341 e. The minimum absolute atomic E-state index is 0.000156. The third-order valence-corrected chi connectivity index (χ3v) is 29.5. The second-order valence-corrected chi connectivity index (χ2v) is 39.9. The number of aromatic amines is 1. The number of pyridine rings is 4. The molecule has 19 heterocycles. The predicted octanol–water partition coefficient (Wildman–Crippen LogP) is 13.6. The highest BCUT2D eigenvalue weighted by Crippen LogP contribution is 2.50. The number of carbonyl (C=O) groups excluding carboxylic acids is 5. The number of tetrazole rings is 1. The maximum atomic E-state index is 14.3. The molecule has 2 N–H and O–H groups in total. The minimum atomic E-state index is -3.34. The summed E-state index contributed by atoms with van der Waals surface area (Å²) in [5.74, 6) is 4.29. The van der Waals surface area contributed by atoms with Crippen LogP contribution < -0.4 is 5.32 Å². The number of aryl methyl sites for hydroxylation is 3. The molecule has 4 fully saturated rings. The average molecular weight is 1950 g/mol. The smallest absolute Gasteiger partial charge is 0.265 e. The Morgan fingerprint density at radius 3 is 1.08 bits per heavy atom. The van der Waals surface area contributed by atoms with Crippen molar-refractivity contribution in [3.05, 3.63) is 203 Å². The molecule has 4 unspecified atom stereocenters. The minimum Gasteiger partial charge on any atom is -0.341 e. The van der Waals surface area contributed by atoms with Gasteiger partial charge in [0.15, 0.2) is 0 Å². The van der Waals surface area contributed by atoms with Gasteiger partial charge in [-0.3, -0.25) is 43.0 Å². The van der Waals surface area contributed by atoms with Crippen molar-refractivity contribution in [3.63, 3.8) is 0 Å². The molecule has 142 heavy (non-hydrogen) atoms. The monoisotopic (exact) mass is 1950 g/mol. The molecule has 12 aromatic heterocycles. The number of nitrogens with zero attached hydrogens (tertiary/aromatic N) is 27. The first-order valence-electron chi connectivity index (χ1n) is 46.6. The fraction of sp³-hybridized carbons (Fsp3) is 0.364. The standard InChI is InChI=1S/C27H27F2N7O2.C26H27F2N7O3S.C25H25F2N7O.C21H20N8O/c1-14-27(38)33(3)13-22-24(32-26(36(14)22)17-11-35(12-17)15(2)37)18-6-5-7-21-19(18)8-20(25(28)29)23(31-21)16-9-30-34(4)10-16;1-14-26(36)32(2)13-21-23(31-25(35(14)21)16-11-34(12-16)39(4,37)38)17-6-5-7-20-18(17)8-19(24(27)28)22(30-20)15-9-29-33(3)10-15;1-13-25(35)32(2)12-20-22(31-24(34(13)20)14-8-28-9-14)16-5-4-6-19-17(16)7-18(23(26)27)21(30-19)15-10-29-33(3)11-15;1-11-21(30)28(2)10-17-18(23-20(29(11)17)12-6-7-12)14-5-3-4-13-8-16(22-9-15(13)14)19-24-26-27-25-19/h5-10,14,17,25H,11-13H2,1-4H3;5-10,14,16,24H,11-13H2,1-4H3;4-7,10-11,13-14,23,28H,8-9,12H2,1-3H3;3-5,8-9,11-12H,6-7,10H2,1-2H3,(H,24,25,26,27). The number of imidazole rings is 4. The van der Waals surface area contributed by atoms with Gasteiger partial charge in [-0.05, 0) is 93.6 Å². The van der Waals surface area contributed by atoms with Gasteiger partial charge in [-0.15, -0.1) is 10.2 Å². The fourth-order valence-corrected chi connectivity index (χ4v) is 21.5. The van der Waals surface area contributed by atoms with Crippen LogP contribution in [0.5, 0.6) is 0 Å². The number of alkyl halides is 6. The zero-order valence-corrected chi connectivity index (χ0v) is 80.5. The van der Waals surface area contributed by atoms with Crippen LogP contribution in [0.2, 0.25) is 0 Å². The summed E-state index contributed by atoms with van der Waals surface area (Å²) in [6.45, 7) is 13.8. The van der Waals surface area contributed by atoms with Gasteiger partial charge >= 0.3 is 0 Å². The summed E-state index contributed by atoms with van der Waals surface area (Å²) in [5, 5.41) is 33.5. The van der Waals surface area contributed by atoms with Crippen molar-refractivity contribution in [1.82, 2.24) is 142 Å². The summed E-state index contributed by atoms with van der Waals surface area (Å²) in [7, 11) is 8.95. The van der Waals surface area contributed by atoms with Gasteiger partial charge in [0.1, 0.15) is 53.2 Å². The van der Waals surface area contributed by atoms with Crippen molar-refractivity contribution in [2.75, 3.05) is 73.7 Å². The number of nitrogens with one attached hydrogen (secondary N) is 2. The summed E-state index contributed by atoms with van der Waals surface area (Å²) >= 11 is 0. The van der Waals surface area contributed by atoms with Crippen LogP contribution in [0.3, 0.4) is 0 Å². The Balaban J connectivity index is 0.000000112. The van der Waals surface area contributed by atoms with Crippen LogP contribution in [0.25, 0.3) is 134 Å². The van der Waals surface area contributed by atoms with E-state index in [4.69, 9.17) is 19.9 Å². The zero-order chi connectivity index (χ0) is 99.5. The molecule has 1 saturated carbocycles. The Bertz CT molecular complexity index is 7940. The number of hydrogen-bond acceptors (Lipinski definition) is 22. The van der Waals surface area contributed by atoms with Crippen molar-refractivity contribution >= 4 is 83.0 Å². The number of H-pyrrole nitrogens is 1. The number of likely N-dealkylation sites (tertiary alicyclic amines) is 1. The molecule has 4 atom stereocenters. The zero-order valence-electron chi connectivity index (χ0n) is 79.7. The van der Waals surface area contributed by atoms with Gasteiger partial charge < -0.3 is 48.1 Å². The Labute approximate surface area is 808 Å². The number of likely N-dealkylation sites (N-methyl/N-ethyl adjacent to an activating group) is 4. The van der Waals surface area contributed by atoms with Gasteiger partial charge in [-0.1, -0.05) is 54.6 Å². The second-order valence-electron chi connectivity index (χ2n) is 37.9. The molecule has 1 aliphatic carbocycles. The van der Waals surface area contributed by atoms with Gasteiger partial charge in [-0.2, -0.15) is 20.5 Å². The number of aromatic nitrogens is 22. The predicted molar refractivity (Wildman–Crippen MR) is 513 cm³/mol. The normalized spacial score (nSPS) is 18.4. The Hall–Kier alpha value is -15.1. The number of hydrogen-bond donors (Lipinski definition) is 2. The molecule has 43 heteroatoms. The molecule has 0 spiro atoms. The molecule has 0 radical (unpaired) electrons. The lowest BCUT2D eigenvalue weighted by Gasteiger charge is -2.40. The number of amides is 5. The fourth-order valence-electron chi connectivity index (χ4n) is 20.6. The summed E-state index contributed by atoms with van der Waals surface area (Å²) in [5.41, 5.74) is 13.6. The molecular formula is C99H99F6N29O7S. The van der Waals surface area contributed by atoms with Crippen LogP contribution in [-0.2, 0) is 81.3 Å². The van der Waals surface area contributed by atoms with Gasteiger partial charge in [0, 0.05) is 215 Å². The maximum absolute atomic E-state index is 14.3. The third-order valence-electron chi connectivity index (χ3n) is 28.3. The van der Waals surface area contributed by atoms with Gasteiger partial charge in [0.25, 0.3) is 19.3 Å². The van der Waals surface area contributed by atoms with Gasteiger partial charge in [0.05, 0.1) is 136 Å². The lowest BCUT2D eigenvalue weighted by molar-refractivity contribution is -0.136. The van der Waals surface area contributed by atoms with E-state index >= 15 is 0 Å². The summed E-state index contributed by atoms with van der Waals surface area (Å²) in [4.78, 5) is 110. The van der Waals surface area contributed by atoms with Crippen LogP contribution in [0.1, 0.15) is 177 Å².